The first-order valence-electron chi connectivity index (χ1n) is 11.6. The average molecular weight is 571 g/mol. The van der Waals surface area contributed by atoms with E-state index in [1.165, 1.54) is 24.3 Å². The topological polar surface area (TPSA) is 201 Å². The summed E-state index contributed by atoms with van der Waals surface area (Å²) in [7, 11) is -8.93. The number of guanidine groups is 1. The highest BCUT2D eigenvalue weighted by molar-refractivity contribution is 7.91. The molecule has 1 atom stereocenters. The number of carboxylic acid groups (broad SMARTS) is 1. The van der Waals surface area contributed by atoms with Crippen molar-refractivity contribution in [3.05, 3.63) is 48.0 Å². The SMILES string of the molecule is Cc1cc(OCCCON=C(N)N)cc(OS(=O)(=O)c2ccccc2S(=O)(=O)N2CCCC(C(=O)O)C2)c1. The van der Waals surface area contributed by atoms with E-state index in [-0.39, 0.29) is 38.0 Å². The summed E-state index contributed by atoms with van der Waals surface area (Å²) < 4.78 is 65.2. The van der Waals surface area contributed by atoms with Crippen LogP contribution in [0.1, 0.15) is 24.8 Å². The third-order valence-electron chi connectivity index (χ3n) is 5.52. The van der Waals surface area contributed by atoms with Crippen LogP contribution < -0.4 is 20.4 Å². The van der Waals surface area contributed by atoms with E-state index in [1.54, 1.807) is 13.0 Å². The zero-order valence-electron chi connectivity index (χ0n) is 20.6. The van der Waals surface area contributed by atoms with E-state index >= 15 is 0 Å². The van der Waals surface area contributed by atoms with Gasteiger partial charge < -0.3 is 30.3 Å². The van der Waals surface area contributed by atoms with E-state index in [0.29, 0.717) is 30.6 Å². The lowest BCUT2D eigenvalue weighted by Crippen LogP contribution is -2.42. The second-order valence-corrected chi connectivity index (χ2v) is 12.0. The van der Waals surface area contributed by atoms with Crippen molar-refractivity contribution >= 4 is 32.1 Å². The largest absolute Gasteiger partial charge is 0.493 e. The van der Waals surface area contributed by atoms with E-state index in [2.05, 4.69) is 5.16 Å². The molecule has 0 aliphatic carbocycles. The molecule has 15 heteroatoms. The summed E-state index contributed by atoms with van der Waals surface area (Å²) >= 11 is 0. The first kappa shape index (κ1) is 29.0. The van der Waals surface area contributed by atoms with Crippen molar-refractivity contribution in [3.8, 4) is 11.5 Å². The number of aryl methyl sites for hydroxylation is 1. The van der Waals surface area contributed by atoms with Crippen LogP contribution in [0.5, 0.6) is 11.5 Å². The molecule has 208 valence electrons. The molecule has 2 aromatic carbocycles. The summed E-state index contributed by atoms with van der Waals surface area (Å²) in [5.41, 5.74) is 11.0. The standard InChI is InChI=1S/C23H30N4O9S2/c1-16-12-18(34-10-5-11-35-26-23(24)25)14-19(13-16)36-38(32,33)21-8-3-2-7-20(21)37(30,31)27-9-4-6-17(15-27)22(28)29/h2-3,7-8,12-14,17H,4-6,9-11,15H2,1H3,(H,28,29)(H4,24,25,26). The Morgan fingerprint density at radius 1 is 1.08 bits per heavy atom. The molecule has 1 aliphatic rings. The van der Waals surface area contributed by atoms with Crippen LogP contribution in [0.2, 0.25) is 0 Å². The summed E-state index contributed by atoms with van der Waals surface area (Å²) in [6, 6.07) is 9.55. The fourth-order valence-electron chi connectivity index (χ4n) is 3.82. The summed E-state index contributed by atoms with van der Waals surface area (Å²) in [4.78, 5) is 15.2. The fourth-order valence-corrected chi connectivity index (χ4v) is 7.04. The van der Waals surface area contributed by atoms with Gasteiger partial charge in [0.2, 0.25) is 16.0 Å². The summed E-state index contributed by atoms with van der Waals surface area (Å²) in [5.74, 6) is -1.93. The number of nitrogens with two attached hydrogens (primary N) is 2. The van der Waals surface area contributed by atoms with Crippen molar-refractivity contribution < 1.29 is 40.5 Å². The molecule has 1 heterocycles. The molecule has 3 rings (SSSR count). The first-order valence-corrected chi connectivity index (χ1v) is 14.5. The van der Waals surface area contributed by atoms with Gasteiger partial charge in [0.1, 0.15) is 27.9 Å². The molecular formula is C23H30N4O9S2. The normalized spacial score (nSPS) is 16.4. The number of carboxylic acids is 1. The van der Waals surface area contributed by atoms with E-state index < -0.39 is 41.8 Å². The van der Waals surface area contributed by atoms with Crippen LogP contribution in [0, 0.1) is 12.8 Å². The number of benzene rings is 2. The number of hydrogen-bond donors (Lipinski definition) is 3. The smallest absolute Gasteiger partial charge is 0.340 e. The maximum absolute atomic E-state index is 13.4. The monoisotopic (exact) mass is 570 g/mol. The van der Waals surface area contributed by atoms with Crippen LogP contribution in [0.4, 0.5) is 0 Å². The first-order chi connectivity index (χ1) is 17.9. The minimum atomic E-state index is -4.61. The second-order valence-electron chi connectivity index (χ2n) is 8.56. The highest BCUT2D eigenvalue weighted by atomic mass is 32.2. The number of oxime groups is 1. The second kappa shape index (κ2) is 12.3. The van der Waals surface area contributed by atoms with E-state index in [1.807, 2.05) is 0 Å². The fraction of sp³-hybridized carbons (Fsp3) is 0.391. The van der Waals surface area contributed by atoms with Crippen LogP contribution >= 0.6 is 0 Å². The van der Waals surface area contributed by atoms with Crippen molar-refractivity contribution in [2.24, 2.45) is 22.5 Å². The molecule has 0 spiro atoms. The molecule has 0 bridgehead atoms. The average Bonchev–Trinajstić information content (AvgIpc) is 2.85. The molecule has 0 aromatic heterocycles. The molecule has 1 fully saturated rings. The number of carbonyl (C=O) groups is 1. The van der Waals surface area contributed by atoms with Crippen molar-refractivity contribution in [1.29, 1.82) is 0 Å². The Labute approximate surface area is 221 Å². The molecule has 1 saturated heterocycles. The van der Waals surface area contributed by atoms with Gasteiger partial charge in [-0.1, -0.05) is 12.1 Å². The van der Waals surface area contributed by atoms with Crippen LogP contribution in [0.25, 0.3) is 0 Å². The molecule has 38 heavy (non-hydrogen) atoms. The van der Waals surface area contributed by atoms with Crippen LogP contribution in [0.3, 0.4) is 0 Å². The molecule has 2 aromatic rings. The maximum Gasteiger partial charge on any atom is 0.340 e. The number of hydrogen-bond acceptors (Lipinski definition) is 9. The van der Waals surface area contributed by atoms with Crippen molar-refractivity contribution in [1.82, 2.24) is 4.31 Å². The lowest BCUT2D eigenvalue weighted by atomic mass is 10.0. The maximum atomic E-state index is 13.4. The molecule has 0 radical (unpaired) electrons. The van der Waals surface area contributed by atoms with Crippen molar-refractivity contribution in [2.75, 3.05) is 26.3 Å². The van der Waals surface area contributed by atoms with E-state index in [9.17, 15) is 26.7 Å². The van der Waals surface area contributed by atoms with E-state index in [4.69, 9.17) is 25.2 Å². The number of piperidine rings is 1. The van der Waals surface area contributed by atoms with Gasteiger partial charge in [-0.15, -0.1) is 0 Å². The van der Waals surface area contributed by atoms with Gasteiger partial charge in [0.15, 0.2) is 0 Å². The molecule has 0 saturated carbocycles. The highest BCUT2D eigenvalue weighted by Gasteiger charge is 2.36. The van der Waals surface area contributed by atoms with Gasteiger partial charge >= 0.3 is 16.1 Å². The van der Waals surface area contributed by atoms with Gasteiger partial charge in [-0.3, -0.25) is 4.79 Å². The summed E-state index contributed by atoms with van der Waals surface area (Å²) in [6.07, 6.45) is 1.11. The van der Waals surface area contributed by atoms with Crippen molar-refractivity contribution in [2.45, 2.75) is 36.0 Å². The molecule has 0 amide bonds. The molecular weight excluding hydrogens is 540 g/mol. The Kier molecular flexibility index (Phi) is 9.40. The van der Waals surface area contributed by atoms with Crippen LogP contribution in [-0.4, -0.2) is 64.5 Å². The van der Waals surface area contributed by atoms with Crippen LogP contribution in [-0.2, 0) is 29.8 Å². The lowest BCUT2D eigenvalue weighted by molar-refractivity contribution is -0.142. The number of rotatable bonds is 12. The third-order valence-corrected chi connectivity index (χ3v) is 8.88. The number of nitrogens with zero attached hydrogens (tertiary/aromatic N) is 2. The predicted molar refractivity (Wildman–Crippen MR) is 136 cm³/mol. The predicted octanol–water partition coefficient (Wildman–Crippen LogP) is 1.22. The molecule has 13 nitrogen and oxygen atoms in total. The minimum Gasteiger partial charge on any atom is -0.493 e. The van der Waals surface area contributed by atoms with Gasteiger partial charge in [0.25, 0.3) is 0 Å². The molecule has 5 N–H and O–H groups in total. The number of ether oxygens (including phenoxy) is 1. The lowest BCUT2D eigenvalue weighted by Gasteiger charge is -2.30. The van der Waals surface area contributed by atoms with Gasteiger partial charge in [-0.2, -0.15) is 12.7 Å². The summed E-state index contributed by atoms with van der Waals surface area (Å²) in [6.45, 7) is 1.95. The summed E-state index contributed by atoms with van der Waals surface area (Å²) in [5, 5.41) is 12.7. The Morgan fingerprint density at radius 3 is 2.45 bits per heavy atom. The van der Waals surface area contributed by atoms with Crippen molar-refractivity contribution in [3.63, 3.8) is 0 Å². The Balaban J connectivity index is 1.79. The third kappa shape index (κ3) is 7.49. The number of sulfonamides is 1. The minimum absolute atomic E-state index is 0.0760. The van der Waals surface area contributed by atoms with E-state index in [0.717, 1.165) is 16.4 Å². The zero-order chi connectivity index (χ0) is 27.9. The Morgan fingerprint density at radius 2 is 1.76 bits per heavy atom. The highest BCUT2D eigenvalue weighted by Crippen LogP contribution is 2.31. The Bertz CT molecular complexity index is 1390. The number of aliphatic carboxylic acids is 1. The van der Waals surface area contributed by atoms with Gasteiger partial charge in [-0.25, -0.2) is 8.42 Å². The van der Waals surface area contributed by atoms with Gasteiger partial charge in [0, 0.05) is 25.6 Å². The Hall–Kier alpha value is -3.56. The van der Waals surface area contributed by atoms with Crippen LogP contribution in [0.15, 0.2) is 57.4 Å². The van der Waals surface area contributed by atoms with Gasteiger partial charge in [0.05, 0.1) is 12.5 Å². The molecule has 1 aliphatic heterocycles. The van der Waals surface area contributed by atoms with Gasteiger partial charge in [-0.05, 0) is 54.8 Å². The molecule has 1 unspecified atom stereocenters. The quantitative estimate of drug-likeness (QED) is 0.109. The zero-order valence-corrected chi connectivity index (χ0v) is 22.3.